The Balaban J connectivity index is 1.37. The van der Waals surface area contributed by atoms with E-state index in [9.17, 15) is 29.1 Å². The molecule has 214 valence electrons. The summed E-state index contributed by atoms with van der Waals surface area (Å²) in [6.45, 7) is 1.52. The zero-order valence-corrected chi connectivity index (χ0v) is 23.0. The lowest BCUT2D eigenvalue weighted by molar-refractivity contribution is -0.139. The molecule has 0 spiro atoms. The number of aliphatic carboxylic acids is 1. The largest absolute Gasteiger partial charge is 0.504 e. The van der Waals surface area contributed by atoms with E-state index >= 15 is 0 Å². The van der Waals surface area contributed by atoms with Gasteiger partial charge in [0, 0.05) is 29.4 Å². The summed E-state index contributed by atoms with van der Waals surface area (Å²) in [5.74, 6) is -3.20. The summed E-state index contributed by atoms with van der Waals surface area (Å²) < 4.78 is 5.30. The minimum Gasteiger partial charge on any atom is -0.504 e. The second-order valence-electron chi connectivity index (χ2n) is 10.6. The Labute approximate surface area is 236 Å². The predicted octanol–water partition coefficient (Wildman–Crippen LogP) is 1.57. The molecule has 1 saturated carbocycles. The lowest BCUT2D eigenvalue weighted by Gasteiger charge is -2.37. The minimum absolute atomic E-state index is 0.0581. The average molecular weight is 572 g/mol. The van der Waals surface area contributed by atoms with Crippen molar-refractivity contribution in [2.45, 2.75) is 63.5 Å². The Morgan fingerprint density at radius 2 is 1.90 bits per heavy atom. The number of benzene rings is 2. The van der Waals surface area contributed by atoms with Crippen LogP contribution in [0, 0.1) is 5.41 Å². The van der Waals surface area contributed by atoms with E-state index in [2.05, 4.69) is 23.3 Å². The Bertz CT molecular complexity index is 1380. The van der Waals surface area contributed by atoms with Crippen LogP contribution in [-0.4, -0.2) is 64.1 Å². The summed E-state index contributed by atoms with van der Waals surface area (Å²) in [5, 5.41) is 25.8. The van der Waals surface area contributed by atoms with Crippen LogP contribution in [0.3, 0.4) is 0 Å². The molecule has 2 amide bonds. The average Bonchev–Trinajstić information content (AvgIpc) is 3.24. The fourth-order valence-electron chi connectivity index (χ4n) is 5.72. The fraction of sp³-hybridized carbons (Fsp3) is 0.464. The molecule has 4 rings (SSSR count). The lowest BCUT2D eigenvalue weighted by atomic mass is 9.66. The second kappa shape index (κ2) is 11.8. The quantitative estimate of drug-likeness (QED) is 0.140. The van der Waals surface area contributed by atoms with Crippen molar-refractivity contribution in [1.82, 2.24) is 10.6 Å². The number of ketones is 1. The van der Waals surface area contributed by atoms with Crippen LogP contribution in [0.4, 0.5) is 0 Å². The van der Waals surface area contributed by atoms with Gasteiger partial charge in [0.1, 0.15) is 24.4 Å². The Morgan fingerprint density at radius 3 is 2.60 bits per heavy atom. The summed E-state index contributed by atoms with van der Waals surface area (Å²) in [5.41, 5.74) is 7.27. The zero-order valence-electron chi connectivity index (χ0n) is 22.1. The SMILES string of the molecule is C[C@]12CCc3c(ccc4c(O)c(OC(=O)CNC(=O)C(CS)NC(=O)CCC(N)C(=O)O)ccc34)[C@@H]1CCC2=O. The Kier molecular flexibility index (Phi) is 8.69. The van der Waals surface area contributed by atoms with E-state index in [1.165, 1.54) is 6.07 Å². The number of amides is 2. The summed E-state index contributed by atoms with van der Waals surface area (Å²) in [7, 11) is 0. The maximum Gasteiger partial charge on any atom is 0.330 e. The van der Waals surface area contributed by atoms with Crippen LogP contribution in [0.2, 0.25) is 0 Å². The molecular weight excluding hydrogens is 538 g/mol. The van der Waals surface area contributed by atoms with Gasteiger partial charge in [0.25, 0.3) is 0 Å². The van der Waals surface area contributed by atoms with Crippen LogP contribution < -0.4 is 21.1 Å². The van der Waals surface area contributed by atoms with E-state index in [0.717, 1.165) is 29.4 Å². The summed E-state index contributed by atoms with van der Waals surface area (Å²) in [4.78, 5) is 60.2. The highest BCUT2D eigenvalue weighted by Crippen LogP contribution is 2.55. The van der Waals surface area contributed by atoms with E-state index < -0.39 is 42.4 Å². The van der Waals surface area contributed by atoms with Crippen molar-refractivity contribution in [3.63, 3.8) is 0 Å². The third-order valence-electron chi connectivity index (χ3n) is 8.08. The number of rotatable bonds is 10. The van der Waals surface area contributed by atoms with Crippen molar-refractivity contribution in [3.05, 3.63) is 35.4 Å². The summed E-state index contributed by atoms with van der Waals surface area (Å²) >= 11 is 4.05. The molecule has 0 heterocycles. The van der Waals surface area contributed by atoms with Crippen molar-refractivity contribution in [2.24, 2.45) is 11.1 Å². The van der Waals surface area contributed by atoms with Crippen molar-refractivity contribution in [3.8, 4) is 11.5 Å². The highest BCUT2D eigenvalue weighted by atomic mass is 32.1. The third kappa shape index (κ3) is 5.78. The number of carbonyl (C=O) groups excluding carboxylic acids is 4. The highest BCUT2D eigenvalue weighted by molar-refractivity contribution is 7.80. The predicted molar refractivity (Wildman–Crippen MR) is 148 cm³/mol. The molecule has 2 unspecified atom stereocenters. The van der Waals surface area contributed by atoms with Crippen molar-refractivity contribution >= 4 is 52.9 Å². The molecule has 0 aromatic heterocycles. The molecule has 2 aliphatic carbocycles. The summed E-state index contributed by atoms with van der Waals surface area (Å²) in [6, 6.07) is 4.75. The number of aryl methyl sites for hydroxylation is 1. The molecule has 6 N–H and O–H groups in total. The number of Topliss-reactive ketones (excluding diaryl/α,β-unsaturated/α-hetero) is 1. The van der Waals surface area contributed by atoms with Gasteiger partial charge in [-0.3, -0.25) is 19.2 Å². The number of esters is 1. The second-order valence-corrected chi connectivity index (χ2v) is 10.9. The van der Waals surface area contributed by atoms with Crippen molar-refractivity contribution in [2.75, 3.05) is 12.3 Å². The maximum atomic E-state index is 12.5. The molecule has 2 aromatic carbocycles. The molecule has 12 heteroatoms. The van der Waals surface area contributed by atoms with Gasteiger partial charge in [0.2, 0.25) is 11.8 Å². The number of carbonyl (C=O) groups is 5. The first-order valence-electron chi connectivity index (χ1n) is 13.1. The normalized spacial score (nSPS) is 21.2. The fourth-order valence-corrected chi connectivity index (χ4v) is 5.98. The van der Waals surface area contributed by atoms with E-state index in [-0.39, 0.29) is 41.4 Å². The minimum atomic E-state index is -1.24. The number of thiol groups is 1. The number of fused-ring (bicyclic) bond motifs is 5. The van der Waals surface area contributed by atoms with Crippen LogP contribution in [0.1, 0.15) is 56.1 Å². The number of ether oxygens (including phenoxy) is 1. The molecule has 1 fully saturated rings. The molecular formula is C28H33N3O8S. The summed E-state index contributed by atoms with van der Waals surface area (Å²) in [6.07, 6.45) is 2.56. The first-order chi connectivity index (χ1) is 19.0. The van der Waals surface area contributed by atoms with E-state index in [1.54, 1.807) is 12.1 Å². The molecule has 4 atom stereocenters. The number of carboxylic acid groups (broad SMARTS) is 1. The van der Waals surface area contributed by atoms with Gasteiger partial charge in [-0.15, -0.1) is 0 Å². The van der Waals surface area contributed by atoms with Crippen molar-refractivity contribution in [1.29, 1.82) is 0 Å². The highest BCUT2D eigenvalue weighted by Gasteiger charge is 2.49. The number of aromatic hydroxyl groups is 1. The van der Waals surface area contributed by atoms with Crippen molar-refractivity contribution < 1.29 is 38.9 Å². The molecule has 0 saturated heterocycles. The maximum absolute atomic E-state index is 12.5. The molecule has 0 bridgehead atoms. The van der Waals surface area contributed by atoms with E-state index in [0.29, 0.717) is 24.0 Å². The molecule has 0 aliphatic heterocycles. The van der Waals surface area contributed by atoms with Crippen LogP contribution in [0.25, 0.3) is 10.8 Å². The van der Waals surface area contributed by atoms with E-state index in [1.807, 2.05) is 13.0 Å². The molecule has 2 aliphatic rings. The van der Waals surface area contributed by atoms with Gasteiger partial charge in [-0.1, -0.05) is 25.1 Å². The monoisotopic (exact) mass is 571 g/mol. The van der Waals surface area contributed by atoms with Gasteiger partial charge < -0.3 is 31.3 Å². The van der Waals surface area contributed by atoms with Gasteiger partial charge in [0.15, 0.2) is 11.5 Å². The zero-order chi connectivity index (χ0) is 29.2. The molecule has 2 aromatic rings. The number of nitrogens with two attached hydrogens (primary N) is 1. The third-order valence-corrected chi connectivity index (χ3v) is 8.45. The lowest BCUT2D eigenvalue weighted by Crippen LogP contribution is -2.49. The number of phenols is 1. The van der Waals surface area contributed by atoms with Crippen LogP contribution in [0.15, 0.2) is 24.3 Å². The van der Waals surface area contributed by atoms with Gasteiger partial charge in [-0.05, 0) is 54.2 Å². The number of hydrogen-bond acceptors (Lipinski definition) is 9. The number of hydrogen-bond donors (Lipinski definition) is 6. The van der Waals surface area contributed by atoms with Gasteiger partial charge in [-0.2, -0.15) is 12.6 Å². The van der Waals surface area contributed by atoms with Gasteiger partial charge in [0.05, 0.1) is 0 Å². The van der Waals surface area contributed by atoms with E-state index in [4.69, 9.17) is 15.6 Å². The molecule has 0 radical (unpaired) electrons. The first-order valence-corrected chi connectivity index (χ1v) is 13.8. The molecule has 40 heavy (non-hydrogen) atoms. The standard InChI is InChI=1S/C28H33N3O8S/c1-28-11-10-15-14-4-7-21(25(35)17(14)3-2-16(15)18(28)5-8-22(28)32)39-24(34)12-30-26(36)20(13-40)31-23(33)9-6-19(29)27(37)38/h2-4,7,18-20,35,40H,5-6,8-13,29H2,1H3,(H,30,36)(H,31,33)(H,37,38)/t18-,19?,20?,28-/m0/s1. The smallest absolute Gasteiger partial charge is 0.330 e. The molecule has 11 nitrogen and oxygen atoms in total. The van der Waals surface area contributed by atoms with Crippen LogP contribution >= 0.6 is 12.6 Å². The number of carboxylic acids is 1. The van der Waals surface area contributed by atoms with Gasteiger partial charge >= 0.3 is 11.9 Å². The number of phenolic OH excluding ortho intramolecular Hbond substituents is 1. The Hall–Kier alpha value is -3.64. The Morgan fingerprint density at radius 1 is 1.18 bits per heavy atom. The van der Waals surface area contributed by atoms with Crippen LogP contribution in [0.5, 0.6) is 11.5 Å². The van der Waals surface area contributed by atoms with Crippen LogP contribution in [-0.2, 0) is 30.4 Å². The van der Waals surface area contributed by atoms with Gasteiger partial charge in [-0.25, -0.2) is 4.79 Å². The first kappa shape index (κ1) is 29.3. The topological polar surface area (TPSA) is 185 Å². The number of nitrogens with one attached hydrogen (secondary N) is 2.